The molecular formula is C15H25NO5S. The fourth-order valence-electron chi connectivity index (χ4n) is 2.93. The monoisotopic (exact) mass is 331 g/mol. The van der Waals surface area contributed by atoms with E-state index in [1.807, 2.05) is 0 Å². The Morgan fingerprint density at radius 3 is 2.36 bits per heavy atom. The van der Waals surface area contributed by atoms with E-state index in [9.17, 15) is 18.0 Å². The van der Waals surface area contributed by atoms with Gasteiger partial charge in [0, 0.05) is 6.42 Å². The predicted molar refractivity (Wildman–Crippen MR) is 81.9 cm³/mol. The maximum absolute atomic E-state index is 12.1. The van der Waals surface area contributed by atoms with Crippen LogP contribution in [-0.2, 0) is 24.2 Å². The number of carbonyl (C=O) groups excluding carboxylic acids is 2. The highest BCUT2D eigenvalue weighted by atomic mass is 32.2. The molecule has 2 aliphatic rings. The highest BCUT2D eigenvalue weighted by Crippen LogP contribution is 2.33. The van der Waals surface area contributed by atoms with Gasteiger partial charge in [0.1, 0.15) is 6.04 Å². The fraction of sp³-hybridized carbons (Fsp3) is 0.867. The summed E-state index contributed by atoms with van der Waals surface area (Å²) in [6.45, 7) is 1.99. The van der Waals surface area contributed by atoms with Gasteiger partial charge < -0.3 is 10.1 Å². The molecule has 2 fully saturated rings. The molecule has 0 heterocycles. The predicted octanol–water partition coefficient (Wildman–Crippen LogP) is 1.19. The van der Waals surface area contributed by atoms with Gasteiger partial charge in [0.15, 0.2) is 9.84 Å². The zero-order valence-electron chi connectivity index (χ0n) is 13.0. The Morgan fingerprint density at radius 1 is 1.18 bits per heavy atom. The van der Waals surface area contributed by atoms with Crippen LogP contribution < -0.4 is 5.32 Å². The summed E-state index contributed by atoms with van der Waals surface area (Å²) in [5, 5.41) is 2.36. The van der Waals surface area contributed by atoms with Gasteiger partial charge in [-0.2, -0.15) is 0 Å². The summed E-state index contributed by atoms with van der Waals surface area (Å²) in [5.74, 6) is -0.804. The van der Waals surface area contributed by atoms with Crippen molar-refractivity contribution in [2.24, 2.45) is 5.92 Å². The minimum atomic E-state index is -3.20. The van der Waals surface area contributed by atoms with Crippen molar-refractivity contribution in [3.05, 3.63) is 0 Å². The molecule has 1 amide bonds. The summed E-state index contributed by atoms with van der Waals surface area (Å²) in [6.07, 6.45) is 5.01. The lowest BCUT2D eigenvalue weighted by Gasteiger charge is -2.17. The maximum Gasteiger partial charge on any atom is 0.328 e. The minimum absolute atomic E-state index is 0.0819. The molecule has 1 N–H and O–H groups in total. The summed E-state index contributed by atoms with van der Waals surface area (Å²) in [6, 6.07) is -0.623. The third-order valence-electron chi connectivity index (χ3n) is 4.37. The third-order valence-corrected chi connectivity index (χ3v) is 6.63. The molecule has 0 spiro atoms. The first-order valence-corrected chi connectivity index (χ1v) is 9.83. The minimum Gasteiger partial charge on any atom is -0.464 e. The Morgan fingerprint density at radius 2 is 1.82 bits per heavy atom. The molecule has 0 aromatic heterocycles. The van der Waals surface area contributed by atoms with Gasteiger partial charge in [-0.25, -0.2) is 13.2 Å². The van der Waals surface area contributed by atoms with E-state index in [0.29, 0.717) is 12.8 Å². The van der Waals surface area contributed by atoms with E-state index in [2.05, 4.69) is 5.32 Å². The molecule has 6 nitrogen and oxygen atoms in total. The van der Waals surface area contributed by atoms with Crippen molar-refractivity contribution in [2.75, 3.05) is 12.4 Å². The lowest BCUT2D eigenvalue weighted by atomic mass is 10.2. The van der Waals surface area contributed by atoms with Crippen molar-refractivity contribution >= 4 is 21.7 Å². The van der Waals surface area contributed by atoms with E-state index in [4.69, 9.17) is 4.74 Å². The first-order chi connectivity index (χ1) is 10.4. The largest absolute Gasteiger partial charge is 0.464 e. The van der Waals surface area contributed by atoms with Gasteiger partial charge in [0.2, 0.25) is 5.91 Å². The first kappa shape index (κ1) is 17.2. The molecular weight excluding hydrogens is 306 g/mol. The van der Waals surface area contributed by atoms with Crippen LogP contribution in [0.3, 0.4) is 0 Å². The van der Waals surface area contributed by atoms with Crippen molar-refractivity contribution < 1.29 is 22.7 Å². The normalized spacial score (nSPS) is 20.6. The van der Waals surface area contributed by atoms with Crippen LogP contribution in [0.4, 0.5) is 0 Å². The molecule has 1 atom stereocenters. The van der Waals surface area contributed by atoms with Crippen molar-refractivity contribution in [3.63, 3.8) is 0 Å². The van der Waals surface area contributed by atoms with Gasteiger partial charge in [-0.05, 0) is 38.5 Å². The Bertz CT molecular complexity index is 506. The standard InChI is InChI=1S/C15H25NO5S/c1-2-21-15(18)14(11-7-8-11)16-13(17)9-10-22(19,20)12-5-3-4-6-12/h11-12,14H,2-10H2,1H3,(H,16,17). The number of amides is 1. The highest BCUT2D eigenvalue weighted by Gasteiger charge is 2.38. The summed E-state index contributed by atoms with van der Waals surface area (Å²) in [5.41, 5.74) is 0. The van der Waals surface area contributed by atoms with Crippen LogP contribution in [0, 0.1) is 5.92 Å². The van der Waals surface area contributed by atoms with Crippen LogP contribution in [0.1, 0.15) is 51.9 Å². The average Bonchev–Trinajstić information content (AvgIpc) is 3.14. The molecule has 126 valence electrons. The van der Waals surface area contributed by atoms with E-state index >= 15 is 0 Å². The summed E-state index contributed by atoms with van der Waals surface area (Å²) in [4.78, 5) is 23.8. The molecule has 2 rings (SSSR count). The molecule has 2 aliphatic carbocycles. The van der Waals surface area contributed by atoms with E-state index in [1.165, 1.54) is 0 Å². The Labute approximate surface area is 131 Å². The Kier molecular flexibility index (Phi) is 5.83. The Balaban J connectivity index is 1.82. The molecule has 22 heavy (non-hydrogen) atoms. The fourth-order valence-corrected chi connectivity index (χ4v) is 4.78. The topological polar surface area (TPSA) is 89.5 Å². The number of rotatable bonds is 8. The second kappa shape index (κ2) is 7.44. The maximum atomic E-state index is 12.1. The average molecular weight is 331 g/mol. The van der Waals surface area contributed by atoms with Gasteiger partial charge in [0.25, 0.3) is 0 Å². The van der Waals surface area contributed by atoms with E-state index in [0.717, 1.165) is 25.7 Å². The number of esters is 1. The van der Waals surface area contributed by atoms with E-state index in [1.54, 1.807) is 6.92 Å². The number of sulfone groups is 1. The SMILES string of the molecule is CCOC(=O)C(NC(=O)CCS(=O)(=O)C1CCCC1)C1CC1. The number of hydrogen-bond acceptors (Lipinski definition) is 5. The second-order valence-corrected chi connectivity index (χ2v) is 8.56. The molecule has 0 aliphatic heterocycles. The van der Waals surface area contributed by atoms with Gasteiger partial charge in [0.05, 0.1) is 17.6 Å². The molecule has 1 unspecified atom stereocenters. The molecule has 0 saturated heterocycles. The van der Waals surface area contributed by atoms with Crippen LogP contribution in [0.25, 0.3) is 0 Å². The summed E-state index contributed by atoms with van der Waals surface area (Å²) < 4.78 is 29.2. The van der Waals surface area contributed by atoms with Gasteiger partial charge in [-0.15, -0.1) is 0 Å². The lowest BCUT2D eigenvalue weighted by Crippen LogP contribution is -2.44. The molecule has 0 aromatic carbocycles. The molecule has 0 radical (unpaired) electrons. The van der Waals surface area contributed by atoms with Crippen molar-refractivity contribution in [3.8, 4) is 0 Å². The Hall–Kier alpha value is -1.11. The van der Waals surface area contributed by atoms with Crippen molar-refractivity contribution in [2.45, 2.75) is 63.2 Å². The molecule has 0 aromatic rings. The quantitative estimate of drug-likeness (QED) is 0.675. The third kappa shape index (κ3) is 4.69. The first-order valence-electron chi connectivity index (χ1n) is 8.11. The summed E-state index contributed by atoms with van der Waals surface area (Å²) >= 11 is 0. The van der Waals surface area contributed by atoms with Crippen molar-refractivity contribution in [1.29, 1.82) is 0 Å². The second-order valence-electron chi connectivity index (χ2n) is 6.16. The number of nitrogens with one attached hydrogen (secondary N) is 1. The van der Waals surface area contributed by atoms with Crippen LogP contribution in [0.15, 0.2) is 0 Å². The van der Waals surface area contributed by atoms with Gasteiger partial charge in [-0.1, -0.05) is 12.8 Å². The number of carbonyl (C=O) groups is 2. The van der Waals surface area contributed by atoms with E-state index < -0.39 is 21.8 Å². The zero-order chi connectivity index (χ0) is 16.2. The molecule has 2 saturated carbocycles. The van der Waals surface area contributed by atoms with Crippen LogP contribution in [0.2, 0.25) is 0 Å². The molecule has 7 heteroatoms. The zero-order valence-corrected chi connectivity index (χ0v) is 13.9. The number of ether oxygens (including phenoxy) is 1. The van der Waals surface area contributed by atoms with Crippen LogP contribution >= 0.6 is 0 Å². The van der Waals surface area contributed by atoms with Crippen LogP contribution in [-0.4, -0.2) is 43.9 Å². The van der Waals surface area contributed by atoms with Gasteiger partial charge >= 0.3 is 5.97 Å². The van der Waals surface area contributed by atoms with Gasteiger partial charge in [-0.3, -0.25) is 4.79 Å². The lowest BCUT2D eigenvalue weighted by molar-refractivity contribution is -0.148. The van der Waals surface area contributed by atoms with Crippen LogP contribution in [0.5, 0.6) is 0 Å². The van der Waals surface area contributed by atoms with E-state index in [-0.39, 0.29) is 35.9 Å². The summed E-state index contributed by atoms with van der Waals surface area (Å²) in [7, 11) is -3.20. The smallest absolute Gasteiger partial charge is 0.328 e. The molecule has 0 bridgehead atoms. The number of hydrogen-bond donors (Lipinski definition) is 1. The van der Waals surface area contributed by atoms with Crippen molar-refractivity contribution in [1.82, 2.24) is 5.32 Å². The highest BCUT2D eigenvalue weighted by molar-refractivity contribution is 7.92.